The van der Waals surface area contributed by atoms with Gasteiger partial charge in [0.2, 0.25) is 0 Å². The molecule has 0 unspecified atom stereocenters. The molecule has 1 saturated carbocycles. The summed E-state index contributed by atoms with van der Waals surface area (Å²) in [6.45, 7) is 0. The molecule has 0 atom stereocenters. The molecule has 1 aliphatic heterocycles. The molecule has 2 aliphatic rings. The maximum absolute atomic E-state index is 14.2. The first-order valence-electron chi connectivity index (χ1n) is 8.08. The van der Waals surface area contributed by atoms with Gasteiger partial charge in [0.1, 0.15) is 0 Å². The summed E-state index contributed by atoms with van der Waals surface area (Å²) in [7, 11) is 0. The van der Waals surface area contributed by atoms with Crippen LogP contribution in [-0.2, 0) is 9.47 Å². The number of morpholine rings is 1. The van der Waals surface area contributed by atoms with Crippen LogP contribution >= 0.6 is 0 Å². The molecule has 0 amide bonds. The molecule has 2 rings (SSSR count). The van der Waals surface area contributed by atoms with Gasteiger partial charge in [-0.2, -0.15) is 101 Å². The summed E-state index contributed by atoms with van der Waals surface area (Å²) in [5.41, 5.74) is 0. The van der Waals surface area contributed by atoms with Crippen molar-refractivity contribution in [1.82, 2.24) is 4.90 Å². The van der Waals surface area contributed by atoms with Gasteiger partial charge in [-0.3, -0.25) is 4.74 Å². The fourth-order valence-electron chi connectivity index (χ4n) is 2.76. The van der Waals surface area contributed by atoms with E-state index in [0.717, 1.165) is 4.74 Å². The van der Waals surface area contributed by atoms with Gasteiger partial charge in [0, 0.05) is 0 Å². The van der Waals surface area contributed by atoms with Gasteiger partial charge in [0.25, 0.3) is 0 Å². The number of alkyl halides is 23. The van der Waals surface area contributed by atoms with E-state index in [0.29, 0.717) is 0 Å². The largest absolute Gasteiger partial charge is 0.439 e. The van der Waals surface area contributed by atoms with Crippen LogP contribution in [0.15, 0.2) is 0 Å². The number of hydrogen-bond acceptors (Lipinski definition) is 3. The highest BCUT2D eigenvalue weighted by Crippen LogP contribution is 2.71. The van der Waals surface area contributed by atoms with Crippen molar-refractivity contribution < 1.29 is 110 Å². The molecule has 1 heterocycles. The molecule has 0 aromatic rings. The highest BCUT2D eigenvalue weighted by atomic mass is 19.4. The maximum atomic E-state index is 14.2. The molecule has 0 N–H and O–H groups in total. The van der Waals surface area contributed by atoms with Crippen molar-refractivity contribution in [3.63, 3.8) is 0 Å². The van der Waals surface area contributed by atoms with Crippen LogP contribution in [0.1, 0.15) is 0 Å². The molecule has 1 saturated heterocycles. The Morgan fingerprint density at radius 3 is 1.00 bits per heavy atom. The van der Waals surface area contributed by atoms with E-state index in [-0.39, 0.29) is 0 Å². The van der Waals surface area contributed by atoms with Crippen LogP contribution in [0.4, 0.5) is 101 Å². The number of ether oxygens (including phenoxy) is 2. The fraction of sp³-hybridized carbons (Fsp3) is 1.00. The Hall–Kier alpha value is -1.73. The van der Waals surface area contributed by atoms with Gasteiger partial charge in [0.05, 0.1) is 0 Å². The molecule has 0 aromatic heterocycles. The lowest BCUT2D eigenvalue weighted by Gasteiger charge is -2.53. The monoisotopic (exact) mass is 627 g/mol. The zero-order valence-electron chi connectivity index (χ0n) is 16.0. The molecule has 0 bridgehead atoms. The SMILES string of the molecule is FC1(F)OC(F)(F)C(F)(F)N(C(F)(F)C(F)(F)OC2(F)C(F)(F)C(F)(F)C(F)(F)C(F)(F)C2(F)F)C1(F)F. The van der Waals surface area contributed by atoms with Gasteiger partial charge in [-0.05, 0) is 0 Å². The third-order valence-corrected chi connectivity index (χ3v) is 4.80. The van der Waals surface area contributed by atoms with Crippen LogP contribution in [-0.4, -0.2) is 76.8 Å². The summed E-state index contributed by atoms with van der Waals surface area (Å²) < 4.78 is 312. The van der Waals surface area contributed by atoms with E-state index in [1.54, 1.807) is 0 Å². The molecule has 3 nitrogen and oxygen atoms in total. The highest BCUT2D eigenvalue weighted by molar-refractivity contribution is 5.24. The summed E-state index contributed by atoms with van der Waals surface area (Å²) in [5, 5.41) is 0. The quantitative estimate of drug-likeness (QED) is 0.255. The van der Waals surface area contributed by atoms with Gasteiger partial charge < -0.3 is 0 Å². The topological polar surface area (TPSA) is 21.7 Å². The van der Waals surface area contributed by atoms with E-state index in [9.17, 15) is 101 Å². The molecule has 2 fully saturated rings. The molecule has 1 aliphatic carbocycles. The molecule has 38 heavy (non-hydrogen) atoms. The molecular weight excluding hydrogens is 627 g/mol. The Morgan fingerprint density at radius 2 is 0.711 bits per heavy atom. The van der Waals surface area contributed by atoms with Gasteiger partial charge in [0.15, 0.2) is 0 Å². The maximum Gasteiger partial charge on any atom is 0.439 e. The third kappa shape index (κ3) is 3.18. The highest BCUT2D eigenvalue weighted by Gasteiger charge is 3.03. The zero-order valence-corrected chi connectivity index (χ0v) is 16.0. The Balaban J connectivity index is 2.84. The fourth-order valence-corrected chi connectivity index (χ4v) is 2.76. The number of halogens is 23. The van der Waals surface area contributed by atoms with Gasteiger partial charge in [-0.25, -0.2) is 4.74 Å². The second-order valence-electron chi connectivity index (χ2n) is 7.18. The van der Waals surface area contributed by atoms with E-state index in [1.807, 2.05) is 0 Å². The van der Waals surface area contributed by atoms with Crippen LogP contribution in [0.2, 0.25) is 0 Å². The van der Waals surface area contributed by atoms with E-state index >= 15 is 0 Å². The van der Waals surface area contributed by atoms with Crippen molar-refractivity contribution in [1.29, 1.82) is 0 Å². The predicted octanol–water partition coefficient (Wildman–Crippen LogP) is 6.75. The van der Waals surface area contributed by atoms with Gasteiger partial charge in [-0.1, -0.05) is 4.90 Å². The van der Waals surface area contributed by atoms with E-state index in [2.05, 4.69) is 0 Å². The summed E-state index contributed by atoms with van der Waals surface area (Å²) in [6.07, 6.45) is -23.6. The van der Waals surface area contributed by atoms with Crippen molar-refractivity contribution in [3.8, 4) is 0 Å². The van der Waals surface area contributed by atoms with E-state index in [1.165, 1.54) is 4.74 Å². The number of nitrogens with zero attached hydrogens (tertiary/aromatic N) is 1. The molecule has 0 spiro atoms. The number of rotatable bonds is 4. The van der Waals surface area contributed by atoms with Crippen LogP contribution in [0.5, 0.6) is 0 Å². The van der Waals surface area contributed by atoms with Crippen LogP contribution in [0.3, 0.4) is 0 Å². The van der Waals surface area contributed by atoms with Gasteiger partial charge >= 0.3 is 71.9 Å². The molecule has 0 aromatic carbocycles. The first-order valence-corrected chi connectivity index (χ1v) is 8.08. The summed E-state index contributed by atoms with van der Waals surface area (Å²) in [5.74, 6) is -50.7. The molecular formula is C12F23NO2. The van der Waals surface area contributed by atoms with Crippen molar-refractivity contribution >= 4 is 0 Å². The summed E-state index contributed by atoms with van der Waals surface area (Å²) in [6, 6.07) is -24.6. The van der Waals surface area contributed by atoms with Crippen molar-refractivity contribution in [2.24, 2.45) is 0 Å². The average molecular weight is 627 g/mol. The molecule has 226 valence electrons. The minimum absolute atomic E-state index is 1.12. The van der Waals surface area contributed by atoms with E-state index < -0.39 is 76.8 Å². The lowest BCUT2D eigenvalue weighted by atomic mass is 9.78. The summed E-state index contributed by atoms with van der Waals surface area (Å²) >= 11 is 0. The Bertz CT molecular complexity index is 913. The molecule has 0 radical (unpaired) electrons. The second-order valence-corrected chi connectivity index (χ2v) is 7.18. The Kier molecular flexibility index (Phi) is 6.25. The standard InChI is InChI=1S/C12F23NO2/c13-1(14)2(15,16)4(19,20)6(23,5(21,22)3(1,17)18)37-10(30,31)7(24,25)36-8(26,27)11(32,33)38-12(34,35)9(36,28)29. The molecule has 26 heteroatoms. The zero-order chi connectivity index (χ0) is 31.0. The Morgan fingerprint density at radius 1 is 0.447 bits per heavy atom. The second kappa shape index (κ2) is 7.31. The van der Waals surface area contributed by atoms with Gasteiger partial charge in [-0.15, -0.1) is 0 Å². The van der Waals surface area contributed by atoms with Crippen molar-refractivity contribution in [2.45, 2.75) is 71.9 Å². The number of hydrogen-bond donors (Lipinski definition) is 0. The smallest absolute Gasteiger partial charge is 0.266 e. The van der Waals surface area contributed by atoms with Crippen molar-refractivity contribution in [3.05, 3.63) is 0 Å². The Labute approximate surface area is 189 Å². The lowest BCUT2D eigenvalue weighted by molar-refractivity contribution is -0.612. The minimum atomic E-state index is -8.70. The van der Waals surface area contributed by atoms with Crippen LogP contribution in [0, 0.1) is 0 Å². The van der Waals surface area contributed by atoms with E-state index in [4.69, 9.17) is 0 Å². The van der Waals surface area contributed by atoms with Crippen molar-refractivity contribution in [2.75, 3.05) is 0 Å². The lowest BCUT2D eigenvalue weighted by Crippen LogP contribution is -2.86. The normalized spacial score (nSPS) is 32.0. The minimum Gasteiger partial charge on any atom is -0.266 e. The average Bonchev–Trinajstić information content (AvgIpc) is 2.63. The first kappa shape index (κ1) is 32.5. The van der Waals surface area contributed by atoms with Crippen LogP contribution in [0.25, 0.3) is 0 Å². The predicted molar refractivity (Wildman–Crippen MR) is 62.3 cm³/mol. The van der Waals surface area contributed by atoms with Crippen LogP contribution < -0.4 is 0 Å². The summed E-state index contributed by atoms with van der Waals surface area (Å²) in [4.78, 5) is -4.69. The first-order chi connectivity index (χ1) is 16.0. The third-order valence-electron chi connectivity index (χ3n) is 4.80.